The molecule has 0 radical (unpaired) electrons. The number of fused-ring (bicyclic) bond motifs is 4. The number of rotatable bonds is 13. The summed E-state index contributed by atoms with van der Waals surface area (Å²) in [7, 11) is 0. The van der Waals surface area contributed by atoms with Crippen molar-refractivity contribution in [3.63, 3.8) is 0 Å². The molecule has 5 aromatic heterocycles. The molecule has 0 spiro atoms. The van der Waals surface area contributed by atoms with Gasteiger partial charge in [0.25, 0.3) is 11.9 Å². The molecule has 0 atom stereocenters. The van der Waals surface area contributed by atoms with Gasteiger partial charge in [0.05, 0.1) is 115 Å². The molecule has 16 rings (SSSR count). The summed E-state index contributed by atoms with van der Waals surface area (Å²) in [6, 6.07) is 72.5. The van der Waals surface area contributed by atoms with Crippen molar-refractivity contribution in [3.05, 3.63) is 302 Å². The molecule has 0 saturated carbocycles. The molecule has 0 saturated heterocycles. The Bertz CT molecular complexity index is 4480. The quantitative estimate of drug-likeness (QED) is 0.104. The predicted octanol–water partition coefficient (Wildman–Crippen LogP) is 16.1. The number of nitrogens with one attached hydrogen (secondary N) is 2. The van der Waals surface area contributed by atoms with Crippen molar-refractivity contribution in [1.82, 2.24) is 45.0 Å². The molecule has 0 amide bonds. The molecule has 0 unspecified atom stereocenters. The number of ether oxygens (including phenoxy) is 1. The van der Waals surface area contributed by atoms with E-state index in [1.807, 2.05) is 198 Å². The SMILES string of the molecule is C1=C(c2ccccc2)N=C(CNc2cnc3ccccc3n2)C1.C1=C(c2ccccc2)N=C(OCc2cnc3ccccc3n2)C1.C1=C(c2ccccc2)N=C(SCc2cnc3ccccc3n2)C1.c1ccc(-c2c[nH][n+](Sc3cnc4ccccc4n3)c2)cc1. The van der Waals surface area contributed by atoms with Crippen LogP contribution in [0.2, 0.25) is 0 Å². The van der Waals surface area contributed by atoms with Crippen LogP contribution in [0.1, 0.15) is 47.3 Å². The van der Waals surface area contributed by atoms with E-state index in [9.17, 15) is 0 Å². The third-order valence-electron chi connectivity index (χ3n) is 14.5. The van der Waals surface area contributed by atoms with E-state index in [2.05, 4.69) is 116 Å². The van der Waals surface area contributed by atoms with Crippen LogP contribution in [-0.4, -0.2) is 68.2 Å². The molecule has 8 heterocycles. The highest BCUT2D eigenvalue weighted by atomic mass is 32.2. The van der Waals surface area contributed by atoms with E-state index in [0.29, 0.717) is 19.6 Å². The fraction of sp³-hybridized carbons (Fsp3) is 0.0811. The number of hydrogen-bond donors (Lipinski definition) is 2. The van der Waals surface area contributed by atoms with Crippen molar-refractivity contribution in [2.24, 2.45) is 15.0 Å². The summed E-state index contributed by atoms with van der Waals surface area (Å²) in [4.78, 5) is 50.1. The van der Waals surface area contributed by atoms with E-state index in [1.54, 1.807) is 30.4 Å². The number of para-hydroxylation sites is 8. The van der Waals surface area contributed by atoms with Crippen molar-refractivity contribution in [1.29, 1.82) is 0 Å². The zero-order valence-electron chi connectivity index (χ0n) is 49.3. The first-order chi connectivity index (χ1) is 45.0. The molecule has 91 heavy (non-hydrogen) atoms. The number of aromatic amines is 1. The van der Waals surface area contributed by atoms with Gasteiger partial charge in [0.15, 0.2) is 10.9 Å². The molecule has 13 aromatic rings. The monoisotopic (exact) mass is 1220 g/mol. The minimum atomic E-state index is 0.382. The Labute approximate surface area is 534 Å². The number of hydrogen-bond acceptors (Lipinski definition) is 15. The molecule has 3 aliphatic rings. The second kappa shape index (κ2) is 29.2. The van der Waals surface area contributed by atoms with Gasteiger partial charge in [-0.1, -0.05) is 182 Å². The van der Waals surface area contributed by atoms with Crippen molar-refractivity contribution in [3.8, 4) is 11.1 Å². The van der Waals surface area contributed by atoms with Gasteiger partial charge in [-0.25, -0.2) is 29.9 Å². The number of aromatic nitrogens is 10. The van der Waals surface area contributed by atoms with Crippen LogP contribution in [-0.2, 0) is 17.1 Å². The maximum Gasteiger partial charge on any atom is 0.250 e. The largest absolute Gasteiger partial charge is 0.474 e. The number of nitrogens with zero attached hydrogens (tertiary/aromatic N) is 12. The fourth-order valence-electron chi connectivity index (χ4n) is 9.90. The summed E-state index contributed by atoms with van der Waals surface area (Å²) in [6.07, 6.45) is 20.1. The lowest BCUT2D eigenvalue weighted by molar-refractivity contribution is -0.559. The maximum atomic E-state index is 5.79. The average Bonchev–Trinajstić information content (AvgIpc) is 4.21. The highest BCUT2D eigenvalue weighted by Crippen LogP contribution is 2.29. The zero-order chi connectivity index (χ0) is 61.2. The smallest absolute Gasteiger partial charge is 0.250 e. The summed E-state index contributed by atoms with van der Waals surface area (Å²) in [5.41, 5.74) is 19.0. The Morgan fingerprint density at radius 2 is 0.879 bits per heavy atom. The first-order valence-corrected chi connectivity index (χ1v) is 31.5. The van der Waals surface area contributed by atoms with E-state index in [4.69, 9.17) is 14.7 Å². The van der Waals surface area contributed by atoms with Crippen LogP contribution in [0.4, 0.5) is 5.82 Å². The highest BCUT2D eigenvalue weighted by Gasteiger charge is 2.17. The number of thioether (sulfide) groups is 1. The van der Waals surface area contributed by atoms with Crippen molar-refractivity contribution < 1.29 is 8.82 Å². The predicted molar refractivity (Wildman–Crippen MR) is 370 cm³/mol. The molecule has 0 fully saturated rings. The zero-order valence-corrected chi connectivity index (χ0v) is 50.9. The Balaban J connectivity index is 0.000000111. The van der Waals surface area contributed by atoms with Crippen molar-refractivity contribution in [2.45, 2.75) is 36.6 Å². The van der Waals surface area contributed by atoms with Crippen LogP contribution in [0.3, 0.4) is 0 Å². The Morgan fingerprint density at radius 3 is 1.48 bits per heavy atom. The molecular weight excluding hydrogens is 1170 g/mol. The van der Waals surface area contributed by atoms with Gasteiger partial charge in [-0.2, -0.15) is 5.10 Å². The normalized spacial score (nSPS) is 13.1. The van der Waals surface area contributed by atoms with Crippen LogP contribution >= 0.6 is 23.7 Å². The van der Waals surface area contributed by atoms with Gasteiger partial charge in [0.1, 0.15) is 12.4 Å². The third kappa shape index (κ3) is 15.8. The summed E-state index contributed by atoms with van der Waals surface area (Å²) >= 11 is 3.24. The number of H-pyrrole nitrogens is 1. The molecular formula is C74H59N14OS2+. The van der Waals surface area contributed by atoms with E-state index in [-0.39, 0.29) is 0 Å². The highest BCUT2D eigenvalue weighted by molar-refractivity contribution is 8.13. The molecule has 0 bridgehead atoms. The number of benzene rings is 8. The first-order valence-electron chi connectivity index (χ1n) is 29.7. The Hall–Kier alpha value is -11.1. The van der Waals surface area contributed by atoms with Gasteiger partial charge >= 0.3 is 0 Å². The van der Waals surface area contributed by atoms with Gasteiger partial charge in [-0.05, 0) is 80.9 Å². The van der Waals surface area contributed by atoms with Crippen molar-refractivity contribution in [2.75, 3.05) is 11.9 Å². The standard InChI is InChI=1S/C19H16N4.C19H15N3O.C19H15N3S.C17H12N4S/c1-2-6-14(7-3-1)16-11-10-15(22-16)12-21-19-13-20-17-8-4-5-9-18(17)23-19;2*1-2-6-14(7-3-1)16-10-11-19(22-16)23-13-15-12-20-17-8-4-5-9-18(17)21-15;1-2-6-13(7-3-1)14-10-19-21(12-14)22-17-11-18-15-8-4-5-9-16(15)20-17/h1-9,11,13H,10,12H2,(H,21,23);2*1-10,12H,11,13H2;1-12H/p+1. The maximum absolute atomic E-state index is 5.79. The van der Waals surface area contributed by atoms with E-state index in [1.165, 1.54) is 23.1 Å². The van der Waals surface area contributed by atoms with Gasteiger partial charge in [0, 0.05) is 36.9 Å². The summed E-state index contributed by atoms with van der Waals surface area (Å²) < 4.78 is 7.72. The van der Waals surface area contributed by atoms with E-state index >= 15 is 0 Å². The van der Waals surface area contributed by atoms with Crippen LogP contribution < -0.4 is 9.40 Å². The van der Waals surface area contributed by atoms with Crippen LogP contribution in [0, 0.1) is 0 Å². The minimum Gasteiger partial charge on any atom is -0.474 e. The van der Waals surface area contributed by atoms with Crippen LogP contribution in [0.5, 0.6) is 0 Å². The van der Waals surface area contributed by atoms with Gasteiger partial charge in [-0.15, -0.1) is 11.8 Å². The second-order valence-corrected chi connectivity index (χ2v) is 22.9. The molecule has 442 valence electrons. The molecule has 0 aliphatic carbocycles. The minimum absolute atomic E-state index is 0.382. The molecule has 2 N–H and O–H groups in total. The second-order valence-electron chi connectivity index (χ2n) is 20.9. The average molecular weight is 1220 g/mol. The number of aliphatic imine (C=N–C) groups is 3. The first kappa shape index (κ1) is 58.9. The topological polar surface area (TPSA) is 181 Å². The van der Waals surface area contributed by atoms with E-state index in [0.717, 1.165) is 135 Å². The third-order valence-corrected chi connectivity index (χ3v) is 16.3. The number of allylic oxidation sites excluding steroid dienone is 2. The fourth-order valence-corrected chi connectivity index (χ4v) is 11.4. The molecule has 8 aromatic carbocycles. The summed E-state index contributed by atoms with van der Waals surface area (Å²) in [5, 5.41) is 8.52. The van der Waals surface area contributed by atoms with Gasteiger partial charge < -0.3 is 10.1 Å². The van der Waals surface area contributed by atoms with Gasteiger partial charge in [-0.3, -0.25) is 24.9 Å². The lowest BCUT2D eigenvalue weighted by Crippen LogP contribution is -2.25. The Kier molecular flexibility index (Phi) is 18.9. The van der Waals surface area contributed by atoms with E-state index < -0.39 is 0 Å². The van der Waals surface area contributed by atoms with Gasteiger partial charge in [0.2, 0.25) is 6.20 Å². The Morgan fingerprint density at radius 1 is 0.418 bits per heavy atom. The summed E-state index contributed by atoms with van der Waals surface area (Å²) in [6.45, 7) is 1.06. The van der Waals surface area contributed by atoms with Crippen LogP contribution in [0.15, 0.2) is 294 Å². The number of anilines is 1. The van der Waals surface area contributed by atoms with Crippen LogP contribution in [0.25, 0.3) is 72.4 Å². The molecule has 3 aliphatic heterocycles. The molecule has 17 heteroatoms. The van der Waals surface area contributed by atoms with Crippen molar-refractivity contribution >= 4 is 107 Å². The lowest BCUT2D eigenvalue weighted by atomic mass is 10.1. The lowest BCUT2D eigenvalue weighted by Gasteiger charge is -2.06. The summed E-state index contributed by atoms with van der Waals surface area (Å²) in [5.74, 6) is 2.30. The molecule has 15 nitrogen and oxygen atoms in total.